The van der Waals surface area contributed by atoms with E-state index in [2.05, 4.69) is 4.72 Å². The van der Waals surface area contributed by atoms with Gasteiger partial charge in [-0.3, -0.25) is 4.72 Å². The summed E-state index contributed by atoms with van der Waals surface area (Å²) in [6.45, 7) is 0. The zero-order chi connectivity index (χ0) is 14.8. The number of methoxy groups -OCH3 is 1. The molecule has 7 heteroatoms. The summed E-state index contributed by atoms with van der Waals surface area (Å²) in [5, 5.41) is 9.31. The third kappa shape index (κ3) is 3.00. The van der Waals surface area contributed by atoms with Gasteiger partial charge in [0.15, 0.2) is 0 Å². The number of benzene rings is 2. The molecule has 0 aromatic heterocycles. The number of aromatic hydroxyl groups is 1. The van der Waals surface area contributed by atoms with Gasteiger partial charge in [0.05, 0.1) is 12.8 Å². The molecule has 0 bridgehead atoms. The molecule has 0 aliphatic heterocycles. The largest absolute Gasteiger partial charge is 0.508 e. The van der Waals surface area contributed by atoms with Crippen LogP contribution in [0.3, 0.4) is 0 Å². The van der Waals surface area contributed by atoms with Crippen LogP contribution in [0, 0.1) is 5.82 Å². The van der Waals surface area contributed by atoms with Crippen molar-refractivity contribution in [2.45, 2.75) is 4.90 Å². The van der Waals surface area contributed by atoms with Gasteiger partial charge in [-0.25, -0.2) is 12.8 Å². The molecule has 2 N–H and O–H groups in total. The zero-order valence-corrected chi connectivity index (χ0v) is 11.3. The van der Waals surface area contributed by atoms with Gasteiger partial charge >= 0.3 is 0 Å². The van der Waals surface area contributed by atoms with Crippen molar-refractivity contribution in [3.05, 3.63) is 48.3 Å². The standard InChI is InChI=1S/C13H12FNO4S/c1-19-12-6-5-9(14)7-13(12)20(17,18)15-10-3-2-4-11(16)8-10/h2-8,15-16H,1H3. The van der Waals surface area contributed by atoms with E-state index in [9.17, 15) is 17.9 Å². The quantitative estimate of drug-likeness (QED) is 0.908. The minimum atomic E-state index is -4.02. The first-order valence-electron chi connectivity index (χ1n) is 5.58. The Morgan fingerprint density at radius 2 is 1.95 bits per heavy atom. The van der Waals surface area contributed by atoms with E-state index in [1.165, 1.54) is 37.4 Å². The molecule has 2 aromatic carbocycles. The second-order valence-electron chi connectivity index (χ2n) is 3.95. The highest BCUT2D eigenvalue weighted by Gasteiger charge is 2.20. The van der Waals surface area contributed by atoms with Gasteiger partial charge in [-0.2, -0.15) is 0 Å². The van der Waals surface area contributed by atoms with Crippen LogP contribution in [-0.2, 0) is 10.0 Å². The van der Waals surface area contributed by atoms with Gasteiger partial charge in [-0.1, -0.05) is 6.07 Å². The topological polar surface area (TPSA) is 75.6 Å². The van der Waals surface area contributed by atoms with Crippen LogP contribution in [0.15, 0.2) is 47.4 Å². The Labute approximate surface area is 115 Å². The summed E-state index contributed by atoms with van der Waals surface area (Å²) in [7, 11) is -2.73. The zero-order valence-electron chi connectivity index (χ0n) is 10.5. The number of ether oxygens (including phenoxy) is 1. The monoisotopic (exact) mass is 297 g/mol. The van der Waals surface area contributed by atoms with Crippen molar-refractivity contribution in [3.8, 4) is 11.5 Å². The summed E-state index contributed by atoms with van der Waals surface area (Å²) < 4.78 is 44.8. The van der Waals surface area contributed by atoms with Crippen LogP contribution in [0.5, 0.6) is 11.5 Å². The molecule has 2 aromatic rings. The van der Waals surface area contributed by atoms with Crippen molar-refractivity contribution in [2.75, 3.05) is 11.8 Å². The van der Waals surface area contributed by atoms with Gasteiger partial charge in [-0.15, -0.1) is 0 Å². The fourth-order valence-corrected chi connectivity index (χ4v) is 2.87. The van der Waals surface area contributed by atoms with Crippen LogP contribution >= 0.6 is 0 Å². The predicted molar refractivity (Wildman–Crippen MR) is 71.9 cm³/mol. The molecule has 0 saturated heterocycles. The van der Waals surface area contributed by atoms with E-state index in [-0.39, 0.29) is 22.1 Å². The van der Waals surface area contributed by atoms with Crippen LogP contribution < -0.4 is 9.46 Å². The maximum Gasteiger partial charge on any atom is 0.265 e. The molecule has 2 rings (SSSR count). The maximum absolute atomic E-state index is 13.2. The number of hydrogen-bond donors (Lipinski definition) is 2. The average molecular weight is 297 g/mol. The SMILES string of the molecule is COc1ccc(F)cc1S(=O)(=O)Nc1cccc(O)c1. The van der Waals surface area contributed by atoms with E-state index in [0.717, 1.165) is 12.1 Å². The van der Waals surface area contributed by atoms with Crippen molar-refractivity contribution >= 4 is 15.7 Å². The van der Waals surface area contributed by atoms with E-state index >= 15 is 0 Å². The Hall–Kier alpha value is -2.28. The van der Waals surface area contributed by atoms with Gasteiger partial charge in [0.1, 0.15) is 22.2 Å². The number of nitrogens with one attached hydrogen (secondary N) is 1. The number of rotatable bonds is 4. The Kier molecular flexibility index (Phi) is 3.80. The maximum atomic E-state index is 13.2. The van der Waals surface area contributed by atoms with Crippen LogP contribution in [0.1, 0.15) is 0 Å². The lowest BCUT2D eigenvalue weighted by Gasteiger charge is -2.11. The summed E-state index contributed by atoms with van der Waals surface area (Å²) in [6.07, 6.45) is 0. The van der Waals surface area contributed by atoms with Gasteiger partial charge in [0, 0.05) is 6.07 Å². The lowest BCUT2D eigenvalue weighted by Crippen LogP contribution is -2.14. The van der Waals surface area contributed by atoms with Gasteiger partial charge in [0.2, 0.25) is 0 Å². The van der Waals surface area contributed by atoms with Crippen LogP contribution in [-0.4, -0.2) is 20.6 Å². The van der Waals surface area contributed by atoms with E-state index in [1.54, 1.807) is 0 Å². The summed E-state index contributed by atoms with van der Waals surface area (Å²) in [5.74, 6) is -0.752. The second kappa shape index (κ2) is 5.38. The van der Waals surface area contributed by atoms with Crippen molar-refractivity contribution in [1.29, 1.82) is 0 Å². The third-order valence-corrected chi connectivity index (χ3v) is 3.92. The van der Waals surface area contributed by atoms with Crippen molar-refractivity contribution in [2.24, 2.45) is 0 Å². The fraction of sp³-hybridized carbons (Fsp3) is 0.0769. The molecule has 0 atom stereocenters. The molecule has 20 heavy (non-hydrogen) atoms. The van der Waals surface area contributed by atoms with Crippen LogP contribution in [0.2, 0.25) is 0 Å². The molecule has 0 saturated carbocycles. The number of hydrogen-bond acceptors (Lipinski definition) is 4. The Balaban J connectivity index is 2.43. The highest BCUT2D eigenvalue weighted by molar-refractivity contribution is 7.92. The summed E-state index contributed by atoms with van der Waals surface area (Å²) in [5.41, 5.74) is 0.163. The number of phenols is 1. The van der Waals surface area contributed by atoms with Crippen molar-refractivity contribution < 1.29 is 22.7 Å². The molecular formula is C13H12FNO4S. The average Bonchev–Trinajstić information content (AvgIpc) is 2.38. The lowest BCUT2D eigenvalue weighted by atomic mass is 10.3. The molecule has 0 radical (unpaired) electrons. The second-order valence-corrected chi connectivity index (χ2v) is 5.60. The first kappa shape index (κ1) is 14.1. The molecule has 5 nitrogen and oxygen atoms in total. The number of sulfonamides is 1. The summed E-state index contributed by atoms with van der Waals surface area (Å²) in [4.78, 5) is -0.316. The molecule has 0 aliphatic carbocycles. The van der Waals surface area contributed by atoms with Crippen molar-refractivity contribution in [3.63, 3.8) is 0 Å². The molecule has 0 unspecified atom stereocenters. The molecule has 106 valence electrons. The van der Waals surface area contributed by atoms with Gasteiger partial charge < -0.3 is 9.84 Å². The van der Waals surface area contributed by atoms with E-state index in [1.807, 2.05) is 0 Å². The smallest absolute Gasteiger partial charge is 0.265 e. The number of halogens is 1. The van der Waals surface area contributed by atoms with E-state index in [0.29, 0.717) is 0 Å². The highest BCUT2D eigenvalue weighted by Crippen LogP contribution is 2.27. The van der Waals surface area contributed by atoms with Crippen LogP contribution in [0.25, 0.3) is 0 Å². The molecule has 0 heterocycles. The molecule has 0 fully saturated rings. The van der Waals surface area contributed by atoms with E-state index < -0.39 is 15.8 Å². The van der Waals surface area contributed by atoms with E-state index in [4.69, 9.17) is 4.74 Å². The third-order valence-electron chi connectivity index (χ3n) is 2.51. The minimum Gasteiger partial charge on any atom is -0.508 e. The first-order valence-corrected chi connectivity index (χ1v) is 7.06. The normalized spacial score (nSPS) is 11.1. The fourth-order valence-electron chi connectivity index (χ4n) is 1.64. The summed E-state index contributed by atoms with van der Waals surface area (Å²) >= 11 is 0. The molecule has 0 aliphatic rings. The first-order chi connectivity index (χ1) is 9.42. The van der Waals surface area contributed by atoms with Crippen molar-refractivity contribution in [1.82, 2.24) is 0 Å². The number of phenolic OH excluding ortho intramolecular Hbond substituents is 1. The lowest BCUT2D eigenvalue weighted by molar-refractivity contribution is 0.401. The predicted octanol–water partition coefficient (Wildman–Crippen LogP) is 2.34. The Morgan fingerprint density at radius 1 is 1.20 bits per heavy atom. The van der Waals surface area contributed by atoms with Crippen LogP contribution in [0.4, 0.5) is 10.1 Å². The molecule has 0 spiro atoms. The van der Waals surface area contributed by atoms with Gasteiger partial charge in [-0.05, 0) is 30.3 Å². The van der Waals surface area contributed by atoms with Gasteiger partial charge in [0.25, 0.3) is 10.0 Å². The molecule has 0 amide bonds. The minimum absolute atomic E-state index is 0.0269. The molecular weight excluding hydrogens is 285 g/mol. The summed E-state index contributed by atoms with van der Waals surface area (Å²) in [6, 6.07) is 8.78. The Morgan fingerprint density at radius 3 is 2.60 bits per heavy atom. The highest BCUT2D eigenvalue weighted by atomic mass is 32.2. The Bertz CT molecular complexity index is 731. The number of anilines is 1.